The van der Waals surface area contributed by atoms with Gasteiger partial charge in [0.05, 0.1) is 6.04 Å². The molecule has 1 aliphatic rings. The molecule has 3 rings (SSSR count). The van der Waals surface area contributed by atoms with Crippen molar-refractivity contribution in [1.82, 2.24) is 30.0 Å². The Labute approximate surface area is 175 Å². The van der Waals surface area contributed by atoms with Crippen molar-refractivity contribution in [2.75, 3.05) is 32.7 Å². The van der Waals surface area contributed by atoms with E-state index in [-0.39, 0.29) is 18.4 Å². The van der Waals surface area contributed by atoms with Gasteiger partial charge in [0.2, 0.25) is 0 Å². The average Bonchev–Trinajstić information content (AvgIpc) is 3.11. The van der Waals surface area contributed by atoms with Crippen molar-refractivity contribution in [3.05, 3.63) is 53.9 Å². The van der Waals surface area contributed by atoms with Crippen molar-refractivity contribution in [1.29, 1.82) is 0 Å². The number of hydrogen-bond donors (Lipinski definition) is 0. The predicted octanol–water partition coefficient (Wildman–Crippen LogP) is 3.34. The first-order chi connectivity index (χ1) is 13.1. The van der Waals surface area contributed by atoms with Crippen molar-refractivity contribution in [2.45, 2.75) is 39.8 Å². The molecule has 0 bridgehead atoms. The van der Waals surface area contributed by atoms with Crippen molar-refractivity contribution in [3.63, 3.8) is 0 Å². The summed E-state index contributed by atoms with van der Waals surface area (Å²) in [5.74, 6) is 1.58. The third-order valence-electron chi connectivity index (χ3n) is 5.27. The van der Waals surface area contributed by atoms with Crippen LogP contribution in [0.15, 0.2) is 36.9 Å². The Hall–Kier alpha value is -1.76. The summed E-state index contributed by atoms with van der Waals surface area (Å²) in [4.78, 5) is 4.96. The highest BCUT2D eigenvalue weighted by Gasteiger charge is 2.30. The van der Waals surface area contributed by atoms with Gasteiger partial charge in [-0.3, -0.25) is 9.80 Å². The van der Waals surface area contributed by atoms with Crippen LogP contribution >= 0.6 is 12.4 Å². The number of halogens is 1. The lowest BCUT2D eigenvalue weighted by atomic mass is 10.0. The normalized spacial score (nSPS) is 16.7. The first-order valence-corrected chi connectivity index (χ1v) is 9.98. The molecule has 0 N–H and O–H groups in total. The fraction of sp³-hybridized carbons (Fsp3) is 0.571. The average molecular weight is 405 g/mol. The van der Waals surface area contributed by atoms with E-state index in [0.29, 0.717) is 5.92 Å². The maximum absolute atomic E-state index is 4.45. The Kier molecular flexibility index (Phi) is 8.60. The number of aromatic nitrogens is 4. The van der Waals surface area contributed by atoms with E-state index in [1.165, 1.54) is 11.1 Å². The summed E-state index contributed by atoms with van der Waals surface area (Å²) in [6, 6.07) is 8.89. The van der Waals surface area contributed by atoms with Crippen molar-refractivity contribution >= 4 is 12.4 Å². The first-order valence-electron chi connectivity index (χ1n) is 9.98. The highest BCUT2D eigenvalue weighted by atomic mass is 35.5. The molecule has 1 aliphatic heterocycles. The topological polar surface area (TPSA) is 50.1 Å². The van der Waals surface area contributed by atoms with Crippen molar-refractivity contribution in [3.8, 4) is 0 Å². The zero-order chi connectivity index (χ0) is 19.2. The Balaban J connectivity index is 0.00000280. The number of rotatable bonds is 8. The summed E-state index contributed by atoms with van der Waals surface area (Å²) in [5.41, 5.74) is 2.53. The van der Waals surface area contributed by atoms with Gasteiger partial charge >= 0.3 is 0 Å². The van der Waals surface area contributed by atoms with Crippen LogP contribution in [0.3, 0.4) is 0 Å². The quantitative estimate of drug-likeness (QED) is 0.631. The summed E-state index contributed by atoms with van der Waals surface area (Å²) in [6.45, 7) is 16.4. The Morgan fingerprint density at radius 1 is 1.11 bits per heavy atom. The second kappa shape index (κ2) is 10.7. The molecule has 1 unspecified atom stereocenters. The lowest BCUT2D eigenvalue weighted by Gasteiger charge is -2.38. The van der Waals surface area contributed by atoms with Crippen molar-refractivity contribution < 1.29 is 0 Å². The molecule has 2 aromatic rings. The SMILES string of the molecule is C=CCN1CCN(C(c2ccc(C)cc2)c2nnnn2CCC(C)C)CC1.Cl. The monoisotopic (exact) mass is 404 g/mol. The highest BCUT2D eigenvalue weighted by molar-refractivity contribution is 5.85. The van der Waals surface area contributed by atoms with Crippen LogP contribution in [0.2, 0.25) is 0 Å². The second-order valence-corrected chi connectivity index (χ2v) is 7.88. The largest absolute Gasteiger partial charge is 0.297 e. The molecule has 0 saturated carbocycles. The van der Waals surface area contributed by atoms with E-state index in [9.17, 15) is 0 Å². The maximum atomic E-state index is 4.45. The van der Waals surface area contributed by atoms with Crippen LogP contribution < -0.4 is 0 Å². The van der Waals surface area contributed by atoms with E-state index in [0.717, 1.165) is 51.5 Å². The molecule has 0 aliphatic carbocycles. The van der Waals surface area contributed by atoms with E-state index >= 15 is 0 Å². The van der Waals surface area contributed by atoms with Gasteiger partial charge in [-0.2, -0.15) is 0 Å². The molecule has 0 spiro atoms. The number of nitrogens with zero attached hydrogens (tertiary/aromatic N) is 6. The number of piperazine rings is 1. The van der Waals surface area contributed by atoms with Gasteiger partial charge in [-0.05, 0) is 35.3 Å². The van der Waals surface area contributed by atoms with Gasteiger partial charge in [0.15, 0.2) is 5.82 Å². The molecule has 1 atom stereocenters. The summed E-state index contributed by atoms with van der Waals surface area (Å²) >= 11 is 0. The molecular formula is C21H33ClN6. The fourth-order valence-corrected chi connectivity index (χ4v) is 3.61. The predicted molar refractivity (Wildman–Crippen MR) is 116 cm³/mol. The van der Waals surface area contributed by atoms with Gasteiger partial charge < -0.3 is 0 Å². The van der Waals surface area contributed by atoms with Crippen LogP contribution in [0.5, 0.6) is 0 Å². The molecule has 6 nitrogen and oxygen atoms in total. The lowest BCUT2D eigenvalue weighted by Crippen LogP contribution is -2.48. The van der Waals surface area contributed by atoms with E-state index in [4.69, 9.17) is 0 Å². The summed E-state index contributed by atoms with van der Waals surface area (Å²) in [7, 11) is 0. The third kappa shape index (κ3) is 5.63. The minimum absolute atomic E-state index is 0. The van der Waals surface area contributed by atoms with Crippen molar-refractivity contribution in [2.24, 2.45) is 5.92 Å². The summed E-state index contributed by atoms with van der Waals surface area (Å²) in [5, 5.41) is 12.8. The van der Waals surface area contributed by atoms with Crippen LogP contribution in [0, 0.1) is 12.8 Å². The minimum atomic E-state index is 0. The summed E-state index contributed by atoms with van der Waals surface area (Å²) in [6.07, 6.45) is 3.06. The van der Waals surface area contributed by atoms with Gasteiger partial charge in [-0.25, -0.2) is 4.68 Å². The zero-order valence-electron chi connectivity index (χ0n) is 17.3. The third-order valence-corrected chi connectivity index (χ3v) is 5.27. The van der Waals surface area contributed by atoms with E-state index < -0.39 is 0 Å². The Morgan fingerprint density at radius 3 is 2.39 bits per heavy atom. The molecular weight excluding hydrogens is 372 g/mol. The van der Waals surface area contributed by atoms with Crippen LogP contribution in [-0.2, 0) is 6.54 Å². The number of tetrazole rings is 1. The zero-order valence-corrected chi connectivity index (χ0v) is 18.1. The number of aryl methyl sites for hydroxylation is 2. The molecule has 28 heavy (non-hydrogen) atoms. The van der Waals surface area contributed by atoms with E-state index in [2.05, 4.69) is 76.9 Å². The standard InChI is InChI=1S/C21H32N6.ClH/c1-5-11-25-13-15-26(16-14-25)20(19-8-6-18(4)7-9-19)21-22-23-24-27(21)12-10-17(2)3;/h5-9,17,20H,1,10-16H2,2-4H3;1H. The molecule has 0 radical (unpaired) electrons. The lowest BCUT2D eigenvalue weighted by molar-refractivity contribution is 0.112. The van der Waals surface area contributed by atoms with E-state index in [1.807, 2.05) is 10.8 Å². The highest BCUT2D eigenvalue weighted by Crippen LogP contribution is 2.28. The molecule has 1 aromatic carbocycles. The summed E-state index contributed by atoms with van der Waals surface area (Å²) < 4.78 is 2.00. The molecule has 0 amide bonds. The molecule has 1 fully saturated rings. The molecule has 7 heteroatoms. The molecule has 1 aromatic heterocycles. The van der Waals surface area contributed by atoms with Crippen LogP contribution in [0.25, 0.3) is 0 Å². The minimum Gasteiger partial charge on any atom is -0.297 e. The molecule has 154 valence electrons. The van der Waals surface area contributed by atoms with Crippen LogP contribution in [-0.4, -0.2) is 62.7 Å². The van der Waals surface area contributed by atoms with Gasteiger partial charge in [0.1, 0.15) is 0 Å². The van der Waals surface area contributed by atoms with Crippen LogP contribution in [0.4, 0.5) is 0 Å². The van der Waals surface area contributed by atoms with Gasteiger partial charge in [-0.15, -0.1) is 24.1 Å². The van der Waals surface area contributed by atoms with Crippen LogP contribution in [0.1, 0.15) is 43.3 Å². The maximum Gasteiger partial charge on any atom is 0.173 e. The first kappa shape index (κ1) is 22.5. The molecule has 2 heterocycles. The smallest absolute Gasteiger partial charge is 0.173 e. The van der Waals surface area contributed by atoms with Gasteiger partial charge in [-0.1, -0.05) is 49.8 Å². The van der Waals surface area contributed by atoms with Gasteiger partial charge in [0.25, 0.3) is 0 Å². The number of benzene rings is 1. The number of hydrogen-bond acceptors (Lipinski definition) is 5. The Morgan fingerprint density at radius 2 is 1.79 bits per heavy atom. The molecule has 1 saturated heterocycles. The fourth-order valence-electron chi connectivity index (χ4n) is 3.61. The van der Waals surface area contributed by atoms with E-state index in [1.54, 1.807) is 0 Å². The van der Waals surface area contributed by atoms with Gasteiger partial charge in [0, 0.05) is 39.3 Å². The Bertz CT molecular complexity index is 719. The second-order valence-electron chi connectivity index (χ2n) is 7.88.